The third-order valence-corrected chi connectivity index (χ3v) is 3.67. The van der Waals surface area contributed by atoms with Gasteiger partial charge in [-0.1, -0.05) is 6.07 Å². The van der Waals surface area contributed by atoms with E-state index in [-0.39, 0.29) is 23.1 Å². The number of amides is 1. The van der Waals surface area contributed by atoms with Crippen molar-refractivity contribution in [2.45, 2.75) is 11.4 Å². The zero-order valence-corrected chi connectivity index (χ0v) is 12.0. The number of primary sulfonamides is 1. The first-order valence-electron chi connectivity index (χ1n) is 5.89. The van der Waals surface area contributed by atoms with Crippen molar-refractivity contribution in [3.63, 3.8) is 0 Å². The van der Waals surface area contributed by atoms with E-state index in [9.17, 15) is 13.2 Å². The fraction of sp³-hybridized carbons (Fsp3) is 0.167. The first kappa shape index (κ1) is 15.0. The number of carbonyl (C=O) groups excluding carboxylic acids is 1. The topological polar surface area (TPSA) is 127 Å². The summed E-state index contributed by atoms with van der Waals surface area (Å²) in [5.41, 5.74) is 0.892. The summed E-state index contributed by atoms with van der Waals surface area (Å²) in [4.78, 5) is 11.6. The van der Waals surface area contributed by atoms with Crippen LogP contribution in [0.4, 0.5) is 0 Å². The van der Waals surface area contributed by atoms with Crippen molar-refractivity contribution in [3.05, 3.63) is 41.7 Å². The Morgan fingerprint density at radius 2 is 2.19 bits per heavy atom. The van der Waals surface area contributed by atoms with E-state index in [1.54, 1.807) is 6.07 Å². The summed E-state index contributed by atoms with van der Waals surface area (Å²) in [5.74, 6) is -0.193. The van der Waals surface area contributed by atoms with Gasteiger partial charge in [-0.3, -0.25) is 9.89 Å². The second-order valence-corrected chi connectivity index (χ2v) is 5.71. The lowest BCUT2D eigenvalue weighted by molar-refractivity contribution is 0.0946. The first-order chi connectivity index (χ1) is 9.91. The number of rotatable bonds is 5. The van der Waals surface area contributed by atoms with Crippen molar-refractivity contribution in [1.82, 2.24) is 15.5 Å². The molecule has 1 aromatic heterocycles. The molecule has 0 unspecified atom stereocenters. The predicted molar refractivity (Wildman–Crippen MR) is 74.1 cm³/mol. The fourth-order valence-electron chi connectivity index (χ4n) is 1.71. The van der Waals surface area contributed by atoms with Crippen LogP contribution in [-0.4, -0.2) is 31.6 Å². The number of aromatic nitrogens is 2. The van der Waals surface area contributed by atoms with Crippen LogP contribution in [0.2, 0.25) is 0 Å². The summed E-state index contributed by atoms with van der Waals surface area (Å²) < 4.78 is 27.9. The molecule has 0 atom stereocenters. The van der Waals surface area contributed by atoms with E-state index in [1.807, 2.05) is 0 Å². The molecule has 1 heterocycles. The first-order valence-corrected chi connectivity index (χ1v) is 7.43. The third-order valence-electron chi connectivity index (χ3n) is 2.73. The number of nitrogens with one attached hydrogen (secondary N) is 2. The lowest BCUT2D eigenvalue weighted by atomic mass is 10.2. The largest absolute Gasteiger partial charge is 0.495 e. The van der Waals surface area contributed by atoms with Gasteiger partial charge in [-0.25, -0.2) is 13.6 Å². The Hall–Kier alpha value is -2.39. The van der Waals surface area contributed by atoms with Gasteiger partial charge in [0.15, 0.2) is 0 Å². The van der Waals surface area contributed by atoms with Crippen LogP contribution in [0.3, 0.4) is 0 Å². The quantitative estimate of drug-likeness (QED) is 0.716. The van der Waals surface area contributed by atoms with Gasteiger partial charge in [0, 0.05) is 12.7 Å². The highest BCUT2D eigenvalue weighted by atomic mass is 32.2. The highest BCUT2D eigenvalue weighted by Gasteiger charge is 2.16. The van der Waals surface area contributed by atoms with Crippen molar-refractivity contribution in [2.75, 3.05) is 7.11 Å². The number of benzene rings is 1. The second-order valence-electron chi connectivity index (χ2n) is 4.18. The van der Waals surface area contributed by atoms with Crippen molar-refractivity contribution in [1.29, 1.82) is 0 Å². The molecule has 0 radical (unpaired) electrons. The standard InChI is InChI=1S/C12H14N4O4S/c1-20-10-3-2-8(6-11(10)21(13,18)19)7-14-12(17)9-4-5-15-16-9/h2-6H,7H2,1H3,(H,14,17)(H,15,16)(H2,13,18,19). The van der Waals surface area contributed by atoms with Gasteiger partial charge in [0.1, 0.15) is 16.3 Å². The highest BCUT2D eigenvalue weighted by Crippen LogP contribution is 2.23. The molecule has 0 spiro atoms. The molecule has 0 bridgehead atoms. The maximum atomic E-state index is 11.7. The highest BCUT2D eigenvalue weighted by molar-refractivity contribution is 7.89. The SMILES string of the molecule is COc1ccc(CNC(=O)c2ccn[nH]2)cc1S(N)(=O)=O. The van der Waals surface area contributed by atoms with Crippen molar-refractivity contribution in [3.8, 4) is 5.75 Å². The Bertz CT molecular complexity index is 741. The summed E-state index contributed by atoms with van der Waals surface area (Å²) >= 11 is 0. The van der Waals surface area contributed by atoms with Crippen LogP contribution in [0, 0.1) is 0 Å². The van der Waals surface area contributed by atoms with Crippen LogP contribution in [0.25, 0.3) is 0 Å². The zero-order valence-electron chi connectivity index (χ0n) is 11.2. The van der Waals surface area contributed by atoms with Gasteiger partial charge in [-0.2, -0.15) is 5.10 Å². The monoisotopic (exact) mass is 310 g/mol. The number of H-pyrrole nitrogens is 1. The molecule has 0 saturated heterocycles. The number of aromatic amines is 1. The molecular formula is C12H14N4O4S. The second kappa shape index (κ2) is 5.94. The number of methoxy groups -OCH3 is 1. The summed E-state index contributed by atoms with van der Waals surface area (Å²) in [5, 5.41) is 14.0. The molecule has 2 aromatic rings. The molecule has 8 nitrogen and oxygen atoms in total. The smallest absolute Gasteiger partial charge is 0.269 e. The van der Waals surface area contributed by atoms with Crippen molar-refractivity contribution >= 4 is 15.9 Å². The maximum absolute atomic E-state index is 11.7. The molecular weight excluding hydrogens is 296 g/mol. The minimum atomic E-state index is -3.90. The van der Waals surface area contributed by atoms with E-state index in [4.69, 9.17) is 9.88 Å². The maximum Gasteiger partial charge on any atom is 0.269 e. The lowest BCUT2D eigenvalue weighted by Gasteiger charge is -2.09. The Labute approximate surface area is 121 Å². The molecule has 21 heavy (non-hydrogen) atoms. The van der Waals surface area contributed by atoms with E-state index in [0.717, 1.165) is 0 Å². The average molecular weight is 310 g/mol. The van der Waals surface area contributed by atoms with Crippen LogP contribution >= 0.6 is 0 Å². The molecule has 1 aromatic carbocycles. The van der Waals surface area contributed by atoms with Crippen LogP contribution in [0.15, 0.2) is 35.4 Å². The Balaban J connectivity index is 2.16. The zero-order chi connectivity index (χ0) is 15.5. The molecule has 2 rings (SSSR count). The number of carbonyl (C=O) groups is 1. The number of ether oxygens (including phenoxy) is 1. The van der Waals surface area contributed by atoms with Gasteiger partial charge in [-0.15, -0.1) is 0 Å². The number of hydrogen-bond acceptors (Lipinski definition) is 5. The third kappa shape index (κ3) is 3.58. The van der Waals surface area contributed by atoms with Gasteiger partial charge in [0.25, 0.3) is 5.91 Å². The minimum absolute atomic E-state index is 0.127. The predicted octanol–water partition coefficient (Wildman–Crippen LogP) is -0.00430. The van der Waals surface area contributed by atoms with E-state index in [0.29, 0.717) is 11.3 Å². The van der Waals surface area contributed by atoms with Crippen molar-refractivity contribution < 1.29 is 17.9 Å². The lowest BCUT2D eigenvalue weighted by Crippen LogP contribution is -2.23. The molecule has 4 N–H and O–H groups in total. The van der Waals surface area contributed by atoms with E-state index in [2.05, 4.69) is 15.5 Å². The number of nitrogens with two attached hydrogens (primary N) is 1. The van der Waals surface area contributed by atoms with Crippen LogP contribution in [-0.2, 0) is 16.6 Å². The van der Waals surface area contributed by atoms with E-state index >= 15 is 0 Å². The van der Waals surface area contributed by atoms with Gasteiger partial charge in [-0.05, 0) is 23.8 Å². The molecule has 9 heteroatoms. The van der Waals surface area contributed by atoms with Crippen LogP contribution in [0.5, 0.6) is 5.75 Å². The summed E-state index contributed by atoms with van der Waals surface area (Å²) in [6.07, 6.45) is 1.46. The van der Waals surface area contributed by atoms with E-state index < -0.39 is 10.0 Å². The Kier molecular flexibility index (Phi) is 4.24. The average Bonchev–Trinajstić information content (AvgIpc) is 2.97. The summed E-state index contributed by atoms with van der Waals surface area (Å²) in [6, 6.07) is 6.01. The normalized spacial score (nSPS) is 11.1. The molecule has 0 saturated carbocycles. The Morgan fingerprint density at radius 3 is 2.76 bits per heavy atom. The number of nitrogens with zero attached hydrogens (tertiary/aromatic N) is 1. The van der Waals surface area contributed by atoms with Crippen LogP contribution < -0.4 is 15.2 Å². The molecule has 0 aliphatic carbocycles. The minimum Gasteiger partial charge on any atom is -0.495 e. The van der Waals surface area contributed by atoms with Gasteiger partial charge in [0.05, 0.1) is 7.11 Å². The van der Waals surface area contributed by atoms with Crippen molar-refractivity contribution in [2.24, 2.45) is 5.14 Å². The van der Waals surface area contributed by atoms with Gasteiger partial charge >= 0.3 is 0 Å². The van der Waals surface area contributed by atoms with Gasteiger partial charge in [0.2, 0.25) is 10.0 Å². The molecule has 0 aliphatic heterocycles. The molecule has 112 valence electrons. The number of sulfonamides is 1. The fourth-order valence-corrected chi connectivity index (χ4v) is 2.46. The van der Waals surface area contributed by atoms with Gasteiger partial charge < -0.3 is 10.1 Å². The molecule has 0 fully saturated rings. The Morgan fingerprint density at radius 1 is 1.43 bits per heavy atom. The van der Waals surface area contributed by atoms with Crippen LogP contribution in [0.1, 0.15) is 16.1 Å². The molecule has 1 amide bonds. The van der Waals surface area contributed by atoms with E-state index in [1.165, 1.54) is 31.5 Å². The number of hydrogen-bond donors (Lipinski definition) is 3. The molecule has 0 aliphatic rings. The summed E-state index contributed by atoms with van der Waals surface area (Å²) in [7, 11) is -2.55. The summed E-state index contributed by atoms with van der Waals surface area (Å²) in [6.45, 7) is 0.143.